The third kappa shape index (κ3) is 3.04. The van der Waals surface area contributed by atoms with Gasteiger partial charge < -0.3 is 36.4 Å². The van der Waals surface area contributed by atoms with E-state index in [1.165, 1.54) is 12.0 Å². The van der Waals surface area contributed by atoms with Gasteiger partial charge in [-0.05, 0) is 42.9 Å². The first-order valence-electron chi connectivity index (χ1n) is 11.2. The fraction of sp³-hybridized carbons (Fsp3) is 0.524. The predicted molar refractivity (Wildman–Crippen MR) is 119 cm³/mol. The molecule has 0 aromatic heterocycles. The summed E-state index contributed by atoms with van der Waals surface area (Å²) in [5.74, 6) is -4.29. The number of rotatable bonds is 4. The van der Waals surface area contributed by atoms with Crippen LogP contribution < -0.4 is 26.7 Å². The second kappa shape index (κ2) is 7.82. The van der Waals surface area contributed by atoms with Crippen molar-refractivity contribution in [3.8, 4) is 0 Å². The van der Waals surface area contributed by atoms with Gasteiger partial charge in [-0.25, -0.2) is 5.48 Å². The van der Waals surface area contributed by atoms with Gasteiger partial charge in [0.25, 0.3) is 11.8 Å². The van der Waals surface area contributed by atoms with E-state index in [2.05, 4.69) is 31.6 Å². The summed E-state index contributed by atoms with van der Waals surface area (Å²) >= 11 is 0. The Morgan fingerprint density at radius 3 is 2.74 bits per heavy atom. The molecule has 0 radical (unpaired) electrons. The van der Waals surface area contributed by atoms with Gasteiger partial charge in [0, 0.05) is 12.1 Å². The Morgan fingerprint density at radius 1 is 1.21 bits per heavy atom. The number of aryl methyl sites for hydroxylation is 1. The van der Waals surface area contributed by atoms with Crippen molar-refractivity contribution in [3.63, 3.8) is 0 Å². The van der Waals surface area contributed by atoms with Crippen LogP contribution in [0.5, 0.6) is 0 Å². The fourth-order valence-corrected chi connectivity index (χ4v) is 5.70. The van der Waals surface area contributed by atoms with E-state index in [-0.39, 0.29) is 18.5 Å². The van der Waals surface area contributed by atoms with Crippen molar-refractivity contribution in [2.24, 2.45) is 0 Å². The summed E-state index contributed by atoms with van der Waals surface area (Å²) in [5.41, 5.74) is 2.88. The van der Waals surface area contributed by atoms with Crippen LogP contribution >= 0.6 is 0 Å². The van der Waals surface area contributed by atoms with Gasteiger partial charge in [0.05, 0.1) is 7.11 Å². The van der Waals surface area contributed by atoms with Crippen molar-refractivity contribution < 1.29 is 24.6 Å². The van der Waals surface area contributed by atoms with Crippen LogP contribution in [0, 0.1) is 10.8 Å². The molecule has 1 aromatic rings. The molecule has 3 saturated heterocycles. The smallest absolute Gasteiger partial charge is 0.268 e. The van der Waals surface area contributed by atoms with E-state index in [9.17, 15) is 19.8 Å². The first-order valence-corrected chi connectivity index (χ1v) is 11.2. The molecule has 182 valence electrons. The zero-order valence-electron chi connectivity index (χ0n) is 18.6. The minimum atomic E-state index is -2.65. The summed E-state index contributed by atoms with van der Waals surface area (Å²) in [6, 6.07) is 2.07. The lowest BCUT2D eigenvalue weighted by Crippen LogP contribution is -2.82. The topological polar surface area (TPSA) is 195 Å². The van der Waals surface area contributed by atoms with Crippen LogP contribution in [0.1, 0.15) is 34.3 Å². The average molecular weight is 473 g/mol. The minimum Gasteiger partial charge on any atom is -0.361 e. The molecule has 3 aliphatic heterocycles. The SMILES string of the molecule is CONC(=O)C1NC(=N)N2C[C@H](NC(=O)c3cccc4c3CCCC4)C(O)(O)C23NC(=N)NC13. The standard InChI is InChI=1S/C21H28N8O5/c1-34-28-17(31)14-15-20(27-18(22)26-15)21(32,33)13(9-29(20)19(23)25-14)24-16(30)12-8-4-6-10-5-2-3-7-11(10)12/h4,6,8,13-15,32-33H,2-3,5,7,9H2,1H3,(H2,23,25)(H,24,30)(H,28,31)(H3,22,26,27)/t13-,14?,15?,20?/m0/s1. The summed E-state index contributed by atoms with van der Waals surface area (Å²) in [7, 11) is 1.25. The highest BCUT2D eigenvalue weighted by molar-refractivity contribution is 5.97. The van der Waals surface area contributed by atoms with Crippen LogP contribution in [0.2, 0.25) is 0 Å². The molecular weight excluding hydrogens is 444 g/mol. The second-order valence-electron chi connectivity index (χ2n) is 9.04. The molecule has 34 heavy (non-hydrogen) atoms. The third-order valence-corrected chi connectivity index (χ3v) is 7.23. The number of carbonyl (C=O) groups excluding carboxylic acids is 2. The summed E-state index contributed by atoms with van der Waals surface area (Å²) in [5, 5.41) is 50.3. The van der Waals surface area contributed by atoms with Crippen LogP contribution in [-0.2, 0) is 22.5 Å². The number of amides is 2. The highest BCUT2D eigenvalue weighted by Crippen LogP contribution is 2.43. The molecule has 5 rings (SSSR count). The van der Waals surface area contributed by atoms with Gasteiger partial charge in [-0.3, -0.25) is 25.2 Å². The lowest BCUT2D eigenvalue weighted by Gasteiger charge is -2.50. The van der Waals surface area contributed by atoms with Gasteiger partial charge in [-0.15, -0.1) is 0 Å². The van der Waals surface area contributed by atoms with Crippen LogP contribution in [-0.4, -0.2) is 82.1 Å². The van der Waals surface area contributed by atoms with E-state index in [0.29, 0.717) is 5.56 Å². The Kier molecular flexibility index (Phi) is 5.15. The number of fused-ring (bicyclic) bond motifs is 1. The summed E-state index contributed by atoms with van der Waals surface area (Å²) in [6.07, 6.45) is 3.72. The lowest BCUT2D eigenvalue weighted by atomic mass is 9.84. The number of guanidine groups is 2. The predicted octanol–water partition coefficient (Wildman–Crippen LogP) is -2.56. The van der Waals surface area contributed by atoms with Gasteiger partial charge in [0.15, 0.2) is 17.6 Å². The Morgan fingerprint density at radius 2 is 1.97 bits per heavy atom. The van der Waals surface area contributed by atoms with Gasteiger partial charge in [0.1, 0.15) is 18.1 Å². The van der Waals surface area contributed by atoms with E-state index in [4.69, 9.17) is 10.8 Å². The van der Waals surface area contributed by atoms with Crippen LogP contribution in [0.15, 0.2) is 18.2 Å². The molecule has 4 atom stereocenters. The molecular formula is C21H28N8O5. The molecule has 3 heterocycles. The molecule has 4 aliphatic rings. The van der Waals surface area contributed by atoms with Gasteiger partial charge in [0.2, 0.25) is 5.79 Å². The number of hydrogen-bond donors (Lipinski definition) is 9. The highest BCUT2D eigenvalue weighted by atomic mass is 16.6. The molecule has 1 aromatic carbocycles. The number of hydroxylamine groups is 1. The highest BCUT2D eigenvalue weighted by Gasteiger charge is 2.75. The first-order chi connectivity index (χ1) is 16.2. The third-order valence-electron chi connectivity index (χ3n) is 7.23. The van der Waals surface area contributed by atoms with Crippen molar-refractivity contribution in [1.29, 1.82) is 10.8 Å². The van der Waals surface area contributed by atoms with E-state index in [1.807, 2.05) is 12.1 Å². The zero-order chi connectivity index (χ0) is 24.3. The number of nitrogens with one attached hydrogen (secondary N) is 7. The molecule has 3 unspecified atom stereocenters. The van der Waals surface area contributed by atoms with Crippen LogP contribution in [0.25, 0.3) is 0 Å². The first kappa shape index (κ1) is 22.4. The van der Waals surface area contributed by atoms with Gasteiger partial charge in [-0.1, -0.05) is 12.1 Å². The van der Waals surface area contributed by atoms with E-state index in [1.54, 1.807) is 6.07 Å². The number of carbonyl (C=O) groups is 2. The fourth-order valence-electron chi connectivity index (χ4n) is 5.70. The Labute approximate surface area is 195 Å². The van der Waals surface area contributed by atoms with Crippen LogP contribution in [0.4, 0.5) is 0 Å². The molecule has 13 heteroatoms. The lowest BCUT2D eigenvalue weighted by molar-refractivity contribution is -0.232. The van der Waals surface area contributed by atoms with Crippen LogP contribution in [0.3, 0.4) is 0 Å². The molecule has 1 spiro atoms. The maximum atomic E-state index is 13.3. The molecule has 2 amide bonds. The number of aliphatic hydroxyl groups is 2. The van der Waals surface area contributed by atoms with E-state index < -0.39 is 41.4 Å². The maximum Gasteiger partial charge on any atom is 0.268 e. The number of nitrogens with zero attached hydrogens (tertiary/aromatic N) is 1. The van der Waals surface area contributed by atoms with Crippen molar-refractivity contribution in [3.05, 3.63) is 34.9 Å². The normalized spacial score (nSPS) is 30.8. The molecule has 0 saturated carbocycles. The Hall–Kier alpha value is -3.42. The zero-order valence-corrected chi connectivity index (χ0v) is 18.6. The Bertz CT molecular complexity index is 1080. The van der Waals surface area contributed by atoms with Crippen molar-refractivity contribution >= 4 is 23.7 Å². The largest absolute Gasteiger partial charge is 0.361 e. The molecule has 13 nitrogen and oxygen atoms in total. The van der Waals surface area contributed by atoms with Crippen molar-refractivity contribution in [1.82, 2.24) is 31.6 Å². The number of hydrogen-bond acceptors (Lipinski definition) is 7. The maximum absolute atomic E-state index is 13.3. The monoisotopic (exact) mass is 472 g/mol. The Balaban J connectivity index is 1.48. The molecule has 3 fully saturated rings. The van der Waals surface area contributed by atoms with Crippen molar-refractivity contribution in [2.75, 3.05) is 13.7 Å². The second-order valence-corrected chi connectivity index (χ2v) is 9.04. The van der Waals surface area contributed by atoms with E-state index in [0.717, 1.165) is 36.8 Å². The summed E-state index contributed by atoms with van der Waals surface area (Å²) in [4.78, 5) is 31.9. The minimum absolute atomic E-state index is 0.142. The molecule has 9 N–H and O–H groups in total. The summed E-state index contributed by atoms with van der Waals surface area (Å²) in [6.45, 7) is -0.142. The average Bonchev–Trinajstić information content (AvgIpc) is 3.27. The van der Waals surface area contributed by atoms with Crippen molar-refractivity contribution in [2.45, 2.75) is 55.3 Å². The van der Waals surface area contributed by atoms with E-state index >= 15 is 0 Å². The molecule has 0 bridgehead atoms. The van der Waals surface area contributed by atoms with Gasteiger partial charge >= 0.3 is 0 Å². The number of benzene rings is 1. The summed E-state index contributed by atoms with van der Waals surface area (Å²) < 4.78 is 0. The molecule has 1 aliphatic carbocycles. The quantitative estimate of drug-likeness (QED) is 0.167. The van der Waals surface area contributed by atoms with Gasteiger partial charge in [-0.2, -0.15) is 0 Å².